The lowest BCUT2D eigenvalue weighted by Gasteiger charge is -2.38. The van der Waals surface area contributed by atoms with E-state index in [2.05, 4.69) is 24.1 Å². The Morgan fingerprint density at radius 2 is 2.33 bits per heavy atom. The monoisotopic (exact) mass is 207 g/mol. The van der Waals surface area contributed by atoms with Gasteiger partial charge >= 0.3 is 0 Å². The number of hydrogen-bond donors (Lipinski definition) is 2. The van der Waals surface area contributed by atoms with E-state index in [1.54, 1.807) is 6.20 Å². The quantitative estimate of drug-likeness (QED) is 0.717. The summed E-state index contributed by atoms with van der Waals surface area (Å²) in [5, 5.41) is 3.36. The molecule has 4 nitrogen and oxygen atoms in total. The van der Waals surface area contributed by atoms with E-state index in [1.165, 1.54) is 0 Å². The van der Waals surface area contributed by atoms with Crippen LogP contribution in [-0.2, 0) is 0 Å². The Morgan fingerprint density at radius 3 is 3.00 bits per heavy atom. The fourth-order valence-corrected chi connectivity index (χ4v) is 1.96. The topological polar surface area (TPSA) is 48.1 Å². The summed E-state index contributed by atoms with van der Waals surface area (Å²) in [5.41, 5.74) is 0.677. The van der Waals surface area contributed by atoms with Gasteiger partial charge in [-0.1, -0.05) is 0 Å². The van der Waals surface area contributed by atoms with Gasteiger partial charge in [0.2, 0.25) is 0 Å². The van der Waals surface area contributed by atoms with Crippen LogP contribution in [-0.4, -0.2) is 41.0 Å². The maximum Gasteiger partial charge on any atom is 0.270 e. The number of H-pyrrole nitrogens is 1. The molecule has 2 unspecified atom stereocenters. The highest BCUT2D eigenvalue weighted by atomic mass is 16.2. The molecule has 1 aromatic heterocycles. The number of nitrogens with zero attached hydrogens (tertiary/aromatic N) is 1. The molecule has 0 aliphatic carbocycles. The molecule has 0 spiro atoms. The Kier molecular flexibility index (Phi) is 2.77. The van der Waals surface area contributed by atoms with Crippen LogP contribution in [0.1, 0.15) is 24.3 Å². The predicted octanol–water partition coefficient (Wildman–Crippen LogP) is 0.837. The number of aromatic amines is 1. The molecule has 1 fully saturated rings. The maximum atomic E-state index is 12.1. The molecule has 0 radical (unpaired) electrons. The van der Waals surface area contributed by atoms with Crippen LogP contribution in [0.4, 0.5) is 0 Å². The van der Waals surface area contributed by atoms with Crippen molar-refractivity contribution in [3.63, 3.8) is 0 Å². The van der Waals surface area contributed by atoms with Crippen LogP contribution in [0.3, 0.4) is 0 Å². The summed E-state index contributed by atoms with van der Waals surface area (Å²) in [7, 11) is 0. The first kappa shape index (κ1) is 10.2. The Labute approximate surface area is 89.7 Å². The Bertz CT molecular complexity index is 334. The average molecular weight is 207 g/mol. The van der Waals surface area contributed by atoms with Crippen LogP contribution in [0.5, 0.6) is 0 Å². The summed E-state index contributed by atoms with van der Waals surface area (Å²) in [4.78, 5) is 17.0. The zero-order chi connectivity index (χ0) is 10.8. The van der Waals surface area contributed by atoms with Crippen molar-refractivity contribution in [2.75, 3.05) is 13.1 Å². The van der Waals surface area contributed by atoms with Crippen LogP contribution in [0.15, 0.2) is 18.3 Å². The van der Waals surface area contributed by atoms with Crippen molar-refractivity contribution in [1.29, 1.82) is 0 Å². The lowest BCUT2D eigenvalue weighted by Crippen LogP contribution is -2.57. The third-order valence-electron chi connectivity index (χ3n) is 3.12. The van der Waals surface area contributed by atoms with Crippen molar-refractivity contribution in [3.8, 4) is 0 Å². The predicted molar refractivity (Wildman–Crippen MR) is 58.8 cm³/mol. The summed E-state index contributed by atoms with van der Waals surface area (Å²) >= 11 is 0. The standard InChI is InChI=1S/C11H17N3O/c1-8-9(2)14(7-6-12-8)11(15)10-4-3-5-13-10/h3-5,8-9,12-13H,6-7H2,1-2H3. The van der Waals surface area contributed by atoms with Gasteiger partial charge in [0.05, 0.1) is 0 Å². The van der Waals surface area contributed by atoms with Gasteiger partial charge in [-0.2, -0.15) is 0 Å². The van der Waals surface area contributed by atoms with E-state index in [-0.39, 0.29) is 11.9 Å². The first-order chi connectivity index (χ1) is 7.20. The SMILES string of the molecule is CC1NCCN(C(=O)c2ccc[nH]2)C1C. The zero-order valence-electron chi connectivity index (χ0n) is 9.16. The van der Waals surface area contributed by atoms with Gasteiger partial charge in [0.1, 0.15) is 5.69 Å². The van der Waals surface area contributed by atoms with Crippen molar-refractivity contribution >= 4 is 5.91 Å². The van der Waals surface area contributed by atoms with Crippen LogP contribution < -0.4 is 5.32 Å². The number of piperazine rings is 1. The van der Waals surface area contributed by atoms with Gasteiger partial charge in [-0.25, -0.2) is 0 Å². The first-order valence-electron chi connectivity index (χ1n) is 5.38. The summed E-state index contributed by atoms with van der Waals surface area (Å²) in [6, 6.07) is 4.28. The number of amides is 1. The van der Waals surface area contributed by atoms with E-state index in [9.17, 15) is 4.79 Å². The van der Waals surface area contributed by atoms with E-state index in [0.29, 0.717) is 11.7 Å². The molecule has 2 N–H and O–H groups in total. The molecule has 2 atom stereocenters. The second-order valence-electron chi connectivity index (χ2n) is 4.07. The van der Waals surface area contributed by atoms with E-state index < -0.39 is 0 Å². The number of rotatable bonds is 1. The number of hydrogen-bond acceptors (Lipinski definition) is 2. The minimum Gasteiger partial charge on any atom is -0.357 e. The summed E-state index contributed by atoms with van der Waals surface area (Å²) in [6.07, 6.45) is 1.78. The van der Waals surface area contributed by atoms with E-state index in [0.717, 1.165) is 13.1 Å². The number of carbonyl (C=O) groups is 1. The van der Waals surface area contributed by atoms with Crippen molar-refractivity contribution in [1.82, 2.24) is 15.2 Å². The minimum atomic E-state index is 0.0980. The molecule has 2 rings (SSSR count). The lowest BCUT2D eigenvalue weighted by atomic mass is 10.1. The molecule has 82 valence electrons. The molecule has 0 bridgehead atoms. The summed E-state index contributed by atoms with van der Waals surface area (Å²) in [6.45, 7) is 5.85. The highest BCUT2D eigenvalue weighted by Crippen LogP contribution is 2.12. The Balaban J connectivity index is 2.13. The first-order valence-corrected chi connectivity index (χ1v) is 5.38. The van der Waals surface area contributed by atoms with Gasteiger partial charge in [-0.15, -0.1) is 0 Å². The fraction of sp³-hybridized carbons (Fsp3) is 0.545. The van der Waals surface area contributed by atoms with E-state index in [1.807, 2.05) is 17.0 Å². The average Bonchev–Trinajstić information content (AvgIpc) is 2.74. The highest BCUT2D eigenvalue weighted by Gasteiger charge is 2.28. The van der Waals surface area contributed by atoms with Crippen LogP contribution >= 0.6 is 0 Å². The van der Waals surface area contributed by atoms with Gasteiger partial charge in [-0.05, 0) is 26.0 Å². The normalized spacial score (nSPS) is 26.7. The molecule has 4 heteroatoms. The van der Waals surface area contributed by atoms with Crippen molar-refractivity contribution in [2.24, 2.45) is 0 Å². The van der Waals surface area contributed by atoms with Gasteiger partial charge in [-0.3, -0.25) is 4.79 Å². The van der Waals surface area contributed by atoms with Gasteiger partial charge < -0.3 is 15.2 Å². The van der Waals surface area contributed by atoms with Crippen LogP contribution in [0, 0.1) is 0 Å². The minimum absolute atomic E-state index is 0.0980. The van der Waals surface area contributed by atoms with E-state index >= 15 is 0 Å². The molecular formula is C11H17N3O. The van der Waals surface area contributed by atoms with Crippen molar-refractivity contribution < 1.29 is 4.79 Å². The summed E-state index contributed by atoms with van der Waals surface area (Å²) in [5.74, 6) is 0.0980. The number of aromatic nitrogens is 1. The molecular weight excluding hydrogens is 190 g/mol. The molecule has 0 saturated carbocycles. The fourth-order valence-electron chi connectivity index (χ4n) is 1.96. The Morgan fingerprint density at radius 1 is 1.53 bits per heavy atom. The lowest BCUT2D eigenvalue weighted by molar-refractivity contribution is 0.0597. The molecule has 1 aliphatic heterocycles. The molecule has 1 saturated heterocycles. The molecule has 1 aromatic rings. The molecule has 2 heterocycles. The molecule has 1 amide bonds. The van der Waals surface area contributed by atoms with Crippen molar-refractivity contribution in [2.45, 2.75) is 25.9 Å². The highest BCUT2D eigenvalue weighted by molar-refractivity contribution is 5.92. The second kappa shape index (κ2) is 4.06. The maximum absolute atomic E-state index is 12.1. The summed E-state index contributed by atoms with van der Waals surface area (Å²) < 4.78 is 0. The zero-order valence-corrected chi connectivity index (χ0v) is 9.16. The third-order valence-corrected chi connectivity index (χ3v) is 3.12. The number of nitrogens with one attached hydrogen (secondary N) is 2. The van der Waals surface area contributed by atoms with Gasteiger partial charge in [0, 0.05) is 31.4 Å². The third kappa shape index (κ3) is 1.90. The van der Waals surface area contributed by atoms with Crippen LogP contribution in [0.25, 0.3) is 0 Å². The smallest absolute Gasteiger partial charge is 0.270 e. The molecule has 15 heavy (non-hydrogen) atoms. The van der Waals surface area contributed by atoms with Crippen LogP contribution in [0.2, 0.25) is 0 Å². The number of carbonyl (C=O) groups excluding carboxylic acids is 1. The van der Waals surface area contributed by atoms with Gasteiger partial charge in [0.25, 0.3) is 5.91 Å². The van der Waals surface area contributed by atoms with Gasteiger partial charge in [0.15, 0.2) is 0 Å². The molecule has 1 aliphatic rings. The van der Waals surface area contributed by atoms with E-state index in [4.69, 9.17) is 0 Å². The second-order valence-corrected chi connectivity index (χ2v) is 4.07. The largest absolute Gasteiger partial charge is 0.357 e. The van der Waals surface area contributed by atoms with Crippen molar-refractivity contribution in [3.05, 3.63) is 24.0 Å². The Hall–Kier alpha value is -1.29. The molecule has 0 aromatic carbocycles.